The highest BCUT2D eigenvalue weighted by atomic mass is 35.5. The Hall–Kier alpha value is -1.25. The molecule has 3 rings (SSSR count). The van der Waals surface area contributed by atoms with Gasteiger partial charge in [-0.05, 0) is 50.0 Å². The molecule has 0 aromatic heterocycles. The Labute approximate surface area is 165 Å². The highest BCUT2D eigenvalue weighted by Crippen LogP contribution is 2.29. The van der Waals surface area contributed by atoms with Crippen molar-refractivity contribution < 1.29 is 24.1 Å². The number of piperidine rings is 1. The highest BCUT2D eigenvalue weighted by molar-refractivity contribution is 5.94. The third-order valence-electron chi connectivity index (χ3n) is 5.43. The molecule has 3 N–H and O–H groups in total. The van der Waals surface area contributed by atoms with Gasteiger partial charge in [-0.1, -0.05) is 13.0 Å². The van der Waals surface area contributed by atoms with Gasteiger partial charge in [-0.25, -0.2) is 4.39 Å². The Balaban J connectivity index is 0.00000261. The van der Waals surface area contributed by atoms with Crippen LogP contribution in [0.3, 0.4) is 0 Å². The summed E-state index contributed by atoms with van der Waals surface area (Å²) >= 11 is 0. The number of carbonyl (C=O) groups excluding carboxylic acids is 1. The van der Waals surface area contributed by atoms with Crippen LogP contribution in [0, 0.1) is 11.7 Å². The average Bonchev–Trinajstić information content (AvgIpc) is 2.96. The fraction of sp³-hybridized carbons (Fsp3) is 0.632. The smallest absolute Gasteiger partial charge is 0.251 e. The quantitative estimate of drug-likeness (QED) is 0.689. The fourth-order valence-corrected chi connectivity index (χ4v) is 3.85. The number of ether oxygens (including phenoxy) is 1. The normalized spacial score (nSPS) is 29.3. The van der Waals surface area contributed by atoms with Crippen molar-refractivity contribution in [1.82, 2.24) is 10.2 Å². The van der Waals surface area contributed by atoms with E-state index >= 15 is 0 Å². The molecule has 0 aliphatic carbocycles. The number of carbonyl (C=O) groups is 1. The van der Waals surface area contributed by atoms with E-state index in [1.165, 1.54) is 18.2 Å². The Morgan fingerprint density at radius 2 is 2.04 bits per heavy atom. The molecule has 0 unspecified atom stereocenters. The standard InChI is InChI=1S/C19H27FN2O4.ClH/c1-12-5-7-22(8-6-12)17-15(26-16(11-23)18(17)24)10-21-19(25)13-3-2-4-14(20)9-13;/h2-4,9,12,15-18,23-24H,5-8,10-11H2,1H3,(H,21,25);1H/t15-,16+,17+,18-;/m1./s1. The van der Waals surface area contributed by atoms with E-state index in [1.54, 1.807) is 6.07 Å². The van der Waals surface area contributed by atoms with E-state index in [4.69, 9.17) is 4.74 Å². The maximum Gasteiger partial charge on any atom is 0.251 e. The van der Waals surface area contributed by atoms with Crippen LogP contribution in [0.1, 0.15) is 30.1 Å². The van der Waals surface area contributed by atoms with E-state index < -0.39 is 24.1 Å². The molecule has 152 valence electrons. The molecule has 1 aromatic rings. The predicted molar refractivity (Wildman–Crippen MR) is 101 cm³/mol. The van der Waals surface area contributed by atoms with Crippen molar-refractivity contribution in [3.05, 3.63) is 35.6 Å². The first-order valence-electron chi connectivity index (χ1n) is 9.21. The van der Waals surface area contributed by atoms with Gasteiger partial charge in [0, 0.05) is 12.1 Å². The lowest BCUT2D eigenvalue weighted by Gasteiger charge is -2.38. The van der Waals surface area contributed by atoms with Gasteiger partial charge in [0.25, 0.3) is 5.91 Å². The second kappa shape index (κ2) is 9.80. The number of nitrogens with zero attached hydrogens (tertiary/aromatic N) is 1. The molecule has 0 saturated carbocycles. The molecule has 2 saturated heterocycles. The van der Waals surface area contributed by atoms with Gasteiger partial charge in [-0.2, -0.15) is 0 Å². The van der Waals surface area contributed by atoms with E-state index in [9.17, 15) is 19.4 Å². The van der Waals surface area contributed by atoms with Gasteiger partial charge >= 0.3 is 0 Å². The number of hydrogen-bond donors (Lipinski definition) is 3. The molecule has 2 aliphatic rings. The van der Waals surface area contributed by atoms with Crippen molar-refractivity contribution >= 4 is 18.3 Å². The molecule has 27 heavy (non-hydrogen) atoms. The van der Waals surface area contributed by atoms with Gasteiger partial charge in [0.15, 0.2) is 0 Å². The lowest BCUT2D eigenvalue weighted by Crippen LogP contribution is -2.53. The summed E-state index contributed by atoms with van der Waals surface area (Å²) in [7, 11) is 0. The first kappa shape index (κ1) is 22.0. The summed E-state index contributed by atoms with van der Waals surface area (Å²) < 4.78 is 19.1. The zero-order valence-electron chi connectivity index (χ0n) is 15.4. The summed E-state index contributed by atoms with van der Waals surface area (Å²) in [5, 5.41) is 22.8. The first-order chi connectivity index (χ1) is 12.5. The predicted octanol–water partition coefficient (Wildman–Crippen LogP) is 1.20. The van der Waals surface area contributed by atoms with E-state index in [-0.39, 0.29) is 43.1 Å². The topological polar surface area (TPSA) is 82.0 Å². The maximum absolute atomic E-state index is 13.3. The molecule has 2 fully saturated rings. The summed E-state index contributed by atoms with van der Waals surface area (Å²) in [6, 6.07) is 5.22. The van der Waals surface area contributed by atoms with E-state index in [1.807, 2.05) is 0 Å². The van der Waals surface area contributed by atoms with Gasteiger partial charge in [-0.3, -0.25) is 9.69 Å². The fourth-order valence-electron chi connectivity index (χ4n) is 3.85. The third-order valence-corrected chi connectivity index (χ3v) is 5.43. The Morgan fingerprint density at radius 3 is 2.67 bits per heavy atom. The number of halogens is 2. The molecule has 2 heterocycles. The van der Waals surface area contributed by atoms with Gasteiger partial charge in [0.2, 0.25) is 0 Å². The van der Waals surface area contributed by atoms with Crippen LogP contribution in [0.4, 0.5) is 4.39 Å². The van der Waals surface area contributed by atoms with Crippen molar-refractivity contribution in [3.63, 3.8) is 0 Å². The zero-order valence-corrected chi connectivity index (χ0v) is 16.2. The number of aliphatic hydroxyl groups excluding tert-OH is 2. The second-order valence-corrected chi connectivity index (χ2v) is 7.32. The summed E-state index contributed by atoms with van der Waals surface area (Å²) in [6.45, 7) is 3.86. The molecule has 1 amide bonds. The zero-order chi connectivity index (χ0) is 18.7. The Kier molecular flexibility index (Phi) is 8.00. The van der Waals surface area contributed by atoms with Crippen LogP contribution < -0.4 is 5.32 Å². The summed E-state index contributed by atoms with van der Waals surface area (Å²) in [5.74, 6) is -0.197. The van der Waals surface area contributed by atoms with Gasteiger partial charge < -0.3 is 20.3 Å². The SMILES string of the molecule is CC1CCN([C@@H]2[C@H](O)[C@H](CO)O[C@@H]2CNC(=O)c2cccc(F)c2)CC1.Cl. The van der Waals surface area contributed by atoms with Gasteiger partial charge in [0.1, 0.15) is 18.0 Å². The number of aliphatic hydroxyl groups is 2. The average molecular weight is 403 g/mol. The number of likely N-dealkylation sites (tertiary alicyclic amines) is 1. The lowest BCUT2D eigenvalue weighted by atomic mass is 9.94. The minimum atomic E-state index is -0.801. The molecule has 8 heteroatoms. The molecule has 0 spiro atoms. The van der Waals surface area contributed by atoms with Crippen LogP contribution >= 0.6 is 12.4 Å². The van der Waals surface area contributed by atoms with Crippen molar-refractivity contribution in [2.75, 3.05) is 26.2 Å². The van der Waals surface area contributed by atoms with Crippen LogP contribution in [0.5, 0.6) is 0 Å². The van der Waals surface area contributed by atoms with Crippen molar-refractivity contribution in [3.8, 4) is 0 Å². The second-order valence-electron chi connectivity index (χ2n) is 7.32. The molecule has 2 aliphatic heterocycles. The first-order valence-corrected chi connectivity index (χ1v) is 9.21. The van der Waals surface area contributed by atoms with E-state index in [2.05, 4.69) is 17.1 Å². The Morgan fingerprint density at radius 1 is 1.33 bits per heavy atom. The monoisotopic (exact) mass is 402 g/mol. The molecule has 4 atom stereocenters. The van der Waals surface area contributed by atoms with E-state index in [0.717, 1.165) is 25.9 Å². The minimum absolute atomic E-state index is 0. The molecule has 0 radical (unpaired) electrons. The van der Waals surface area contributed by atoms with Crippen LogP contribution in [0.2, 0.25) is 0 Å². The van der Waals surface area contributed by atoms with Gasteiger partial charge in [0.05, 0.1) is 18.8 Å². The lowest BCUT2D eigenvalue weighted by molar-refractivity contribution is -0.0209. The highest BCUT2D eigenvalue weighted by Gasteiger charge is 2.46. The van der Waals surface area contributed by atoms with Crippen molar-refractivity contribution in [2.45, 2.75) is 44.1 Å². The number of benzene rings is 1. The summed E-state index contributed by atoms with van der Waals surface area (Å²) in [6.07, 6.45) is 0.220. The minimum Gasteiger partial charge on any atom is -0.394 e. The van der Waals surface area contributed by atoms with Crippen LogP contribution in [0.25, 0.3) is 0 Å². The molecule has 1 aromatic carbocycles. The van der Waals surface area contributed by atoms with Crippen molar-refractivity contribution in [2.24, 2.45) is 5.92 Å². The number of rotatable bonds is 5. The largest absolute Gasteiger partial charge is 0.394 e. The molecular weight excluding hydrogens is 375 g/mol. The Bertz CT molecular complexity index is 627. The molecule has 6 nitrogen and oxygen atoms in total. The van der Waals surface area contributed by atoms with Crippen LogP contribution in [-0.2, 0) is 4.74 Å². The van der Waals surface area contributed by atoms with E-state index in [0.29, 0.717) is 5.92 Å². The molecule has 0 bridgehead atoms. The van der Waals surface area contributed by atoms with Crippen LogP contribution in [0.15, 0.2) is 24.3 Å². The summed E-state index contributed by atoms with van der Waals surface area (Å²) in [5.41, 5.74) is 0.241. The van der Waals surface area contributed by atoms with Crippen molar-refractivity contribution in [1.29, 1.82) is 0 Å². The maximum atomic E-state index is 13.3. The number of nitrogens with one attached hydrogen (secondary N) is 1. The number of amides is 1. The summed E-state index contributed by atoms with van der Waals surface area (Å²) in [4.78, 5) is 14.4. The van der Waals surface area contributed by atoms with Crippen LogP contribution in [-0.4, -0.2) is 71.6 Å². The molecular formula is C19H28ClFN2O4. The van der Waals surface area contributed by atoms with Gasteiger partial charge in [-0.15, -0.1) is 12.4 Å². The number of hydrogen-bond acceptors (Lipinski definition) is 5. The third kappa shape index (κ3) is 5.18.